The molecule has 1 aliphatic heterocycles. The van der Waals surface area contributed by atoms with Crippen molar-refractivity contribution in [2.45, 2.75) is 39.0 Å². The molecule has 4 nitrogen and oxygen atoms in total. The van der Waals surface area contributed by atoms with Crippen LogP contribution in [-0.4, -0.2) is 35.0 Å². The van der Waals surface area contributed by atoms with Crippen molar-refractivity contribution in [2.24, 2.45) is 17.8 Å². The summed E-state index contributed by atoms with van der Waals surface area (Å²) in [7, 11) is 0. The lowest BCUT2D eigenvalue weighted by atomic mass is 9.93. The Morgan fingerprint density at radius 2 is 2.12 bits per heavy atom. The summed E-state index contributed by atoms with van der Waals surface area (Å²) in [6, 6.07) is 0. The van der Waals surface area contributed by atoms with E-state index in [-0.39, 0.29) is 12.3 Å². The summed E-state index contributed by atoms with van der Waals surface area (Å²) in [5, 5.41) is 8.67. The minimum Gasteiger partial charge on any atom is -0.481 e. The van der Waals surface area contributed by atoms with Crippen LogP contribution in [0.5, 0.6) is 0 Å². The molecule has 1 N–H and O–H groups in total. The van der Waals surface area contributed by atoms with Gasteiger partial charge in [0, 0.05) is 25.4 Å². The Labute approximate surface area is 102 Å². The van der Waals surface area contributed by atoms with Crippen molar-refractivity contribution in [2.75, 3.05) is 13.1 Å². The molecular formula is C13H21NO3. The van der Waals surface area contributed by atoms with Gasteiger partial charge >= 0.3 is 5.97 Å². The molecule has 0 radical (unpaired) electrons. The quantitative estimate of drug-likeness (QED) is 0.813. The van der Waals surface area contributed by atoms with Crippen LogP contribution < -0.4 is 0 Å². The molecule has 2 rings (SSSR count). The van der Waals surface area contributed by atoms with E-state index in [1.54, 1.807) is 0 Å². The van der Waals surface area contributed by atoms with E-state index in [0.717, 1.165) is 32.4 Å². The second kappa shape index (κ2) is 5.07. The number of piperidine rings is 1. The molecule has 2 fully saturated rings. The fourth-order valence-corrected chi connectivity index (χ4v) is 2.73. The number of hydrogen-bond acceptors (Lipinski definition) is 2. The normalized spacial score (nSPS) is 32.3. The first-order valence-electron chi connectivity index (χ1n) is 6.58. The molecule has 1 heterocycles. The van der Waals surface area contributed by atoms with Gasteiger partial charge in [0.1, 0.15) is 0 Å². The predicted molar refractivity (Wildman–Crippen MR) is 63.4 cm³/mol. The third-order valence-corrected chi connectivity index (χ3v) is 4.02. The van der Waals surface area contributed by atoms with Gasteiger partial charge in [0.25, 0.3) is 0 Å². The number of carboxylic acid groups (broad SMARTS) is 1. The molecule has 3 unspecified atom stereocenters. The second-order valence-corrected chi connectivity index (χ2v) is 5.54. The number of nitrogens with zero attached hydrogens (tertiary/aromatic N) is 1. The van der Waals surface area contributed by atoms with Crippen molar-refractivity contribution in [3.63, 3.8) is 0 Å². The van der Waals surface area contributed by atoms with Crippen LogP contribution in [0.25, 0.3) is 0 Å². The number of amides is 1. The van der Waals surface area contributed by atoms with Gasteiger partial charge in [0.15, 0.2) is 0 Å². The lowest BCUT2D eigenvalue weighted by Crippen LogP contribution is -2.41. The Hall–Kier alpha value is -1.06. The summed E-state index contributed by atoms with van der Waals surface area (Å²) >= 11 is 0. The van der Waals surface area contributed by atoms with Gasteiger partial charge in [-0.1, -0.05) is 6.92 Å². The van der Waals surface area contributed by atoms with Crippen molar-refractivity contribution in [3.8, 4) is 0 Å². The summed E-state index contributed by atoms with van der Waals surface area (Å²) in [4.78, 5) is 24.6. The molecule has 0 spiro atoms. The molecule has 0 bridgehead atoms. The van der Waals surface area contributed by atoms with Crippen LogP contribution in [0.3, 0.4) is 0 Å². The molecule has 4 heteroatoms. The van der Waals surface area contributed by atoms with Crippen molar-refractivity contribution in [3.05, 3.63) is 0 Å². The zero-order valence-electron chi connectivity index (χ0n) is 10.4. The molecule has 2 aliphatic rings. The highest BCUT2D eigenvalue weighted by Crippen LogP contribution is 2.40. The summed E-state index contributed by atoms with van der Waals surface area (Å²) in [5.41, 5.74) is 0. The van der Waals surface area contributed by atoms with Gasteiger partial charge in [-0.3, -0.25) is 9.59 Å². The lowest BCUT2D eigenvalue weighted by Gasteiger charge is -2.33. The van der Waals surface area contributed by atoms with E-state index in [1.165, 1.54) is 0 Å². The molecular weight excluding hydrogens is 218 g/mol. The number of aliphatic carboxylic acids is 1. The fourth-order valence-electron chi connectivity index (χ4n) is 2.73. The predicted octanol–water partition coefficient (Wildman–Crippen LogP) is 1.75. The highest BCUT2D eigenvalue weighted by Gasteiger charge is 2.42. The highest BCUT2D eigenvalue weighted by atomic mass is 16.4. The monoisotopic (exact) mass is 239 g/mol. The number of carbonyl (C=O) groups excluding carboxylic acids is 1. The molecule has 3 atom stereocenters. The molecule has 1 saturated heterocycles. The zero-order valence-corrected chi connectivity index (χ0v) is 10.4. The van der Waals surface area contributed by atoms with Crippen LogP contribution in [-0.2, 0) is 9.59 Å². The first-order valence-corrected chi connectivity index (χ1v) is 6.58. The Balaban J connectivity index is 1.80. The van der Waals surface area contributed by atoms with Gasteiger partial charge in [-0.15, -0.1) is 0 Å². The summed E-state index contributed by atoms with van der Waals surface area (Å²) in [5.74, 6) is 0.773. The van der Waals surface area contributed by atoms with E-state index in [2.05, 4.69) is 6.92 Å². The van der Waals surface area contributed by atoms with Crippen molar-refractivity contribution >= 4 is 11.9 Å². The van der Waals surface area contributed by atoms with Crippen LogP contribution in [0.15, 0.2) is 0 Å². The zero-order chi connectivity index (χ0) is 12.4. The molecule has 0 aromatic carbocycles. The van der Waals surface area contributed by atoms with Crippen molar-refractivity contribution < 1.29 is 14.7 Å². The average Bonchev–Trinajstić information content (AvgIpc) is 3.03. The Bertz CT molecular complexity index is 316. The van der Waals surface area contributed by atoms with E-state index in [9.17, 15) is 9.59 Å². The van der Waals surface area contributed by atoms with E-state index in [0.29, 0.717) is 24.2 Å². The SMILES string of the molecule is CC1CC1C(=O)N1CCCC(CCC(=O)O)C1. The number of carbonyl (C=O) groups is 2. The van der Waals surface area contributed by atoms with Gasteiger partial charge in [-0.2, -0.15) is 0 Å². The third kappa shape index (κ3) is 3.20. The summed E-state index contributed by atoms with van der Waals surface area (Å²) < 4.78 is 0. The van der Waals surface area contributed by atoms with E-state index in [1.807, 2.05) is 4.90 Å². The van der Waals surface area contributed by atoms with Gasteiger partial charge < -0.3 is 10.0 Å². The van der Waals surface area contributed by atoms with Gasteiger partial charge in [-0.25, -0.2) is 0 Å². The Morgan fingerprint density at radius 1 is 1.41 bits per heavy atom. The van der Waals surface area contributed by atoms with Crippen LogP contribution in [0.1, 0.15) is 39.0 Å². The standard InChI is InChI=1S/C13H21NO3/c1-9-7-11(9)13(17)14-6-2-3-10(8-14)4-5-12(15)16/h9-11H,2-8H2,1H3,(H,15,16). The molecule has 0 aromatic rings. The minimum absolute atomic E-state index is 0.229. The Kier molecular flexibility index (Phi) is 3.69. The van der Waals surface area contributed by atoms with E-state index < -0.39 is 5.97 Å². The topological polar surface area (TPSA) is 57.6 Å². The maximum atomic E-state index is 12.1. The maximum Gasteiger partial charge on any atom is 0.303 e. The molecule has 1 saturated carbocycles. The first-order chi connectivity index (χ1) is 8.08. The van der Waals surface area contributed by atoms with Crippen LogP contribution >= 0.6 is 0 Å². The number of hydrogen-bond donors (Lipinski definition) is 1. The number of carboxylic acids is 1. The summed E-state index contributed by atoms with van der Waals surface area (Å²) in [6.45, 7) is 3.76. The molecule has 0 aromatic heterocycles. The van der Waals surface area contributed by atoms with Crippen molar-refractivity contribution in [1.82, 2.24) is 4.90 Å². The van der Waals surface area contributed by atoms with Crippen LogP contribution in [0.4, 0.5) is 0 Å². The van der Waals surface area contributed by atoms with Gasteiger partial charge in [-0.05, 0) is 37.5 Å². The summed E-state index contributed by atoms with van der Waals surface area (Å²) in [6.07, 6.45) is 4.06. The van der Waals surface area contributed by atoms with Gasteiger partial charge in [0.05, 0.1) is 0 Å². The first kappa shape index (κ1) is 12.4. The van der Waals surface area contributed by atoms with Crippen molar-refractivity contribution in [1.29, 1.82) is 0 Å². The smallest absolute Gasteiger partial charge is 0.303 e. The maximum absolute atomic E-state index is 12.1. The molecule has 1 amide bonds. The minimum atomic E-state index is -0.732. The fraction of sp³-hybridized carbons (Fsp3) is 0.846. The van der Waals surface area contributed by atoms with E-state index in [4.69, 9.17) is 5.11 Å². The number of rotatable bonds is 4. The molecule has 1 aliphatic carbocycles. The third-order valence-electron chi connectivity index (χ3n) is 4.02. The van der Waals surface area contributed by atoms with Crippen LogP contribution in [0.2, 0.25) is 0 Å². The Morgan fingerprint density at radius 3 is 2.71 bits per heavy atom. The second-order valence-electron chi connectivity index (χ2n) is 5.54. The lowest BCUT2D eigenvalue weighted by molar-refractivity contribution is -0.137. The van der Waals surface area contributed by atoms with E-state index >= 15 is 0 Å². The van der Waals surface area contributed by atoms with Crippen LogP contribution in [0, 0.1) is 17.8 Å². The number of likely N-dealkylation sites (tertiary alicyclic amines) is 1. The molecule has 96 valence electrons. The molecule has 17 heavy (non-hydrogen) atoms. The highest BCUT2D eigenvalue weighted by molar-refractivity contribution is 5.81. The largest absolute Gasteiger partial charge is 0.481 e. The van der Waals surface area contributed by atoms with Gasteiger partial charge in [0.2, 0.25) is 5.91 Å². The average molecular weight is 239 g/mol.